The molecule has 0 bridgehead atoms. The van der Waals surface area contributed by atoms with E-state index in [9.17, 15) is 18.3 Å². The first-order chi connectivity index (χ1) is 14.5. The van der Waals surface area contributed by atoms with E-state index in [0.29, 0.717) is 34.0 Å². The van der Waals surface area contributed by atoms with Crippen molar-refractivity contribution in [1.29, 1.82) is 0 Å². The fourth-order valence-corrected chi connectivity index (χ4v) is 2.82. The van der Waals surface area contributed by atoms with Crippen LogP contribution in [0, 0.1) is 6.92 Å². The molecule has 0 aliphatic heterocycles. The monoisotopic (exact) mass is 436 g/mol. The fraction of sp³-hybridized carbons (Fsp3) is 0.381. The Morgan fingerprint density at radius 3 is 2.45 bits per heavy atom. The number of nitrogens with one attached hydrogen (secondary N) is 1. The molecule has 0 spiro atoms. The number of hydrogen-bond donors (Lipinski definition) is 2. The van der Waals surface area contributed by atoms with Gasteiger partial charge in [-0.2, -0.15) is 13.2 Å². The topological polar surface area (TPSA) is 89.4 Å². The highest BCUT2D eigenvalue weighted by Crippen LogP contribution is 2.35. The van der Waals surface area contributed by atoms with Crippen LogP contribution >= 0.6 is 0 Å². The Kier molecular flexibility index (Phi) is 6.21. The molecule has 0 saturated heterocycles. The molecule has 2 aromatic heterocycles. The van der Waals surface area contributed by atoms with Gasteiger partial charge in [0.2, 0.25) is 0 Å². The standard InChI is InChI=1S/C21H23F3N4O3/c1-12-26-15-9-16(30-4)17(31-11-20(2,3)29)8-14(15)19(27-12)25-10-13-6-5-7-18(28-13)21(22,23)24/h5-9,29H,10-11H2,1-4H3,(H,25,26,27). The maximum absolute atomic E-state index is 12.9. The number of hydrogen-bond acceptors (Lipinski definition) is 7. The summed E-state index contributed by atoms with van der Waals surface area (Å²) in [6, 6.07) is 7.08. The summed E-state index contributed by atoms with van der Waals surface area (Å²) in [5.41, 5.74) is -1.23. The van der Waals surface area contributed by atoms with Crippen LogP contribution in [0.25, 0.3) is 10.9 Å². The van der Waals surface area contributed by atoms with Gasteiger partial charge in [-0.3, -0.25) is 0 Å². The lowest BCUT2D eigenvalue weighted by atomic mass is 10.1. The van der Waals surface area contributed by atoms with Gasteiger partial charge in [-0.05, 0) is 39.0 Å². The summed E-state index contributed by atoms with van der Waals surface area (Å²) < 4.78 is 49.8. The lowest BCUT2D eigenvalue weighted by molar-refractivity contribution is -0.141. The van der Waals surface area contributed by atoms with Crippen molar-refractivity contribution in [2.24, 2.45) is 0 Å². The van der Waals surface area contributed by atoms with Crippen LogP contribution in [0.1, 0.15) is 31.1 Å². The minimum absolute atomic E-state index is 0.0263. The molecular formula is C21H23F3N4O3. The SMILES string of the molecule is COc1cc2nc(C)nc(NCc3cccc(C(F)(F)F)n3)c2cc1OCC(C)(C)O. The normalized spacial score (nSPS) is 12.1. The van der Waals surface area contributed by atoms with E-state index in [2.05, 4.69) is 20.3 Å². The minimum atomic E-state index is -4.52. The summed E-state index contributed by atoms with van der Waals surface area (Å²) in [4.78, 5) is 12.4. The van der Waals surface area contributed by atoms with Crippen molar-refractivity contribution < 1.29 is 27.8 Å². The Balaban J connectivity index is 1.94. The molecule has 7 nitrogen and oxygen atoms in total. The van der Waals surface area contributed by atoms with Gasteiger partial charge in [0.05, 0.1) is 30.5 Å². The van der Waals surface area contributed by atoms with Crippen molar-refractivity contribution in [3.63, 3.8) is 0 Å². The number of nitrogens with zero attached hydrogens (tertiary/aromatic N) is 3. The minimum Gasteiger partial charge on any atom is -0.493 e. The average Bonchev–Trinajstić information content (AvgIpc) is 2.68. The van der Waals surface area contributed by atoms with Gasteiger partial charge in [0, 0.05) is 11.5 Å². The molecule has 10 heteroatoms. The summed E-state index contributed by atoms with van der Waals surface area (Å²) in [5, 5.41) is 13.6. The molecule has 0 amide bonds. The molecule has 166 valence electrons. The van der Waals surface area contributed by atoms with Crippen LogP contribution in [-0.2, 0) is 12.7 Å². The zero-order chi connectivity index (χ0) is 22.8. The number of methoxy groups -OCH3 is 1. The van der Waals surface area contributed by atoms with Crippen LogP contribution in [0.3, 0.4) is 0 Å². The van der Waals surface area contributed by atoms with Crippen molar-refractivity contribution >= 4 is 16.7 Å². The maximum atomic E-state index is 12.9. The third kappa shape index (κ3) is 5.72. The summed E-state index contributed by atoms with van der Waals surface area (Å²) in [6.45, 7) is 4.99. The number of aryl methyl sites for hydroxylation is 1. The Bertz CT molecular complexity index is 1080. The Morgan fingerprint density at radius 2 is 1.81 bits per heavy atom. The van der Waals surface area contributed by atoms with Crippen molar-refractivity contribution in [3.05, 3.63) is 47.5 Å². The van der Waals surface area contributed by atoms with Crippen LogP contribution in [0.5, 0.6) is 11.5 Å². The molecule has 2 N–H and O–H groups in total. The number of halogens is 3. The molecule has 0 aliphatic rings. The number of aromatic nitrogens is 3. The van der Waals surface area contributed by atoms with Gasteiger partial charge in [0.25, 0.3) is 0 Å². The third-order valence-corrected chi connectivity index (χ3v) is 4.21. The molecule has 31 heavy (non-hydrogen) atoms. The van der Waals surface area contributed by atoms with Gasteiger partial charge in [-0.25, -0.2) is 15.0 Å². The number of aliphatic hydroxyl groups is 1. The summed E-state index contributed by atoms with van der Waals surface area (Å²) >= 11 is 0. The van der Waals surface area contributed by atoms with Gasteiger partial charge in [0.15, 0.2) is 11.5 Å². The van der Waals surface area contributed by atoms with Crippen LogP contribution in [0.15, 0.2) is 30.3 Å². The predicted molar refractivity (Wildman–Crippen MR) is 109 cm³/mol. The van der Waals surface area contributed by atoms with E-state index >= 15 is 0 Å². The number of ether oxygens (including phenoxy) is 2. The molecule has 0 fully saturated rings. The van der Waals surface area contributed by atoms with E-state index in [1.165, 1.54) is 19.2 Å². The van der Waals surface area contributed by atoms with E-state index in [0.717, 1.165) is 6.07 Å². The highest BCUT2D eigenvalue weighted by Gasteiger charge is 2.32. The van der Waals surface area contributed by atoms with Crippen LogP contribution in [-0.4, -0.2) is 39.4 Å². The van der Waals surface area contributed by atoms with Gasteiger partial charge in [-0.1, -0.05) is 6.07 Å². The second-order valence-electron chi connectivity index (χ2n) is 7.61. The second kappa shape index (κ2) is 8.54. The fourth-order valence-electron chi connectivity index (χ4n) is 2.82. The molecule has 0 radical (unpaired) electrons. The van der Waals surface area contributed by atoms with E-state index < -0.39 is 17.5 Å². The molecule has 0 unspecified atom stereocenters. The van der Waals surface area contributed by atoms with Crippen LogP contribution < -0.4 is 14.8 Å². The number of anilines is 1. The number of pyridine rings is 1. The molecule has 0 atom stereocenters. The Hall–Kier alpha value is -3.14. The number of rotatable bonds is 7. The highest BCUT2D eigenvalue weighted by molar-refractivity contribution is 5.91. The lowest BCUT2D eigenvalue weighted by Crippen LogP contribution is -2.28. The van der Waals surface area contributed by atoms with Gasteiger partial charge in [-0.15, -0.1) is 0 Å². The average molecular weight is 436 g/mol. The smallest absolute Gasteiger partial charge is 0.433 e. The molecule has 2 heterocycles. The first-order valence-electron chi connectivity index (χ1n) is 9.45. The largest absolute Gasteiger partial charge is 0.493 e. The van der Waals surface area contributed by atoms with E-state index in [1.807, 2.05) is 0 Å². The Labute approximate surface area is 177 Å². The third-order valence-electron chi connectivity index (χ3n) is 4.21. The van der Waals surface area contributed by atoms with Gasteiger partial charge >= 0.3 is 6.18 Å². The molecule has 0 aliphatic carbocycles. The summed E-state index contributed by atoms with van der Waals surface area (Å²) in [6.07, 6.45) is -4.52. The number of benzene rings is 1. The van der Waals surface area contributed by atoms with Crippen LogP contribution in [0.4, 0.5) is 19.0 Å². The maximum Gasteiger partial charge on any atom is 0.433 e. The molecule has 3 aromatic rings. The number of fused-ring (bicyclic) bond motifs is 1. The van der Waals surface area contributed by atoms with Gasteiger partial charge < -0.3 is 19.9 Å². The lowest BCUT2D eigenvalue weighted by Gasteiger charge is -2.20. The summed E-state index contributed by atoms with van der Waals surface area (Å²) in [5.74, 6) is 1.70. The Morgan fingerprint density at radius 1 is 1.06 bits per heavy atom. The predicted octanol–water partition coefficient (Wildman–Crippen LogP) is 4.12. The molecule has 3 rings (SSSR count). The first-order valence-corrected chi connectivity index (χ1v) is 9.45. The summed E-state index contributed by atoms with van der Waals surface area (Å²) in [7, 11) is 1.49. The first kappa shape index (κ1) is 22.5. The molecule has 1 aromatic carbocycles. The molecular weight excluding hydrogens is 413 g/mol. The van der Waals surface area contributed by atoms with Crippen LogP contribution in [0.2, 0.25) is 0 Å². The zero-order valence-electron chi connectivity index (χ0n) is 17.5. The van der Waals surface area contributed by atoms with Crippen molar-refractivity contribution in [2.75, 3.05) is 19.0 Å². The van der Waals surface area contributed by atoms with E-state index in [-0.39, 0.29) is 18.8 Å². The van der Waals surface area contributed by atoms with E-state index in [4.69, 9.17) is 9.47 Å². The van der Waals surface area contributed by atoms with Gasteiger partial charge in [0.1, 0.15) is 23.9 Å². The zero-order valence-corrected chi connectivity index (χ0v) is 17.5. The van der Waals surface area contributed by atoms with E-state index in [1.54, 1.807) is 32.9 Å². The second-order valence-corrected chi connectivity index (χ2v) is 7.61. The van der Waals surface area contributed by atoms with Crippen molar-refractivity contribution in [1.82, 2.24) is 15.0 Å². The molecule has 0 saturated carbocycles. The van der Waals surface area contributed by atoms with Crippen molar-refractivity contribution in [2.45, 2.75) is 39.1 Å². The number of alkyl halides is 3. The van der Waals surface area contributed by atoms with Crippen molar-refractivity contribution in [3.8, 4) is 11.5 Å². The highest BCUT2D eigenvalue weighted by atomic mass is 19.4. The quantitative estimate of drug-likeness (QED) is 0.576.